The van der Waals surface area contributed by atoms with Crippen LogP contribution in [-0.2, 0) is 6.18 Å². The molecule has 0 amide bonds. The highest BCUT2D eigenvalue weighted by molar-refractivity contribution is 9.10. The highest BCUT2D eigenvalue weighted by Gasteiger charge is 2.31. The molecule has 0 unspecified atom stereocenters. The molecule has 2 aromatic carbocycles. The Balaban J connectivity index is 2.20. The number of hydrogen-bond donors (Lipinski definition) is 1. The topological polar surface area (TPSA) is 28.7 Å². The average Bonchev–Trinajstić information content (AvgIpc) is 2.83. The number of nitrogens with zero attached hydrogens (tertiary/aromatic N) is 1. The molecule has 0 aliphatic rings. The van der Waals surface area contributed by atoms with Crippen LogP contribution in [0.5, 0.6) is 0 Å². The van der Waals surface area contributed by atoms with E-state index in [9.17, 15) is 17.6 Å². The van der Waals surface area contributed by atoms with E-state index in [2.05, 4.69) is 25.9 Å². The van der Waals surface area contributed by atoms with Gasteiger partial charge in [0.1, 0.15) is 11.3 Å². The number of nitrogens with one attached hydrogen (secondary N) is 1. The van der Waals surface area contributed by atoms with Gasteiger partial charge in [-0.2, -0.15) is 13.2 Å². The molecule has 0 saturated carbocycles. The van der Waals surface area contributed by atoms with E-state index in [1.807, 2.05) is 0 Å². The lowest BCUT2D eigenvalue weighted by molar-refractivity contribution is -0.137. The largest absolute Gasteiger partial charge is 0.416 e. The van der Waals surface area contributed by atoms with Crippen molar-refractivity contribution in [3.63, 3.8) is 0 Å². The summed E-state index contributed by atoms with van der Waals surface area (Å²) in [6.07, 6.45) is -4.45. The Bertz CT molecular complexity index is 823. The number of fused-ring (bicyclic) bond motifs is 1. The molecular formula is C14H7BrF4N2. The molecule has 0 aliphatic carbocycles. The summed E-state index contributed by atoms with van der Waals surface area (Å²) < 4.78 is 52.4. The normalized spacial score (nSPS) is 12.0. The maximum Gasteiger partial charge on any atom is 0.416 e. The number of imidazole rings is 1. The lowest BCUT2D eigenvalue weighted by Gasteiger charge is -2.09. The minimum Gasteiger partial charge on any atom is -0.338 e. The maximum atomic E-state index is 13.6. The number of H-pyrrole nitrogens is 1. The standard InChI is InChI=1S/C14H7BrF4N2/c15-9-5-4-7(14(17,18)19)6-8(9)13-20-11-3-1-2-10(16)12(11)21-13/h1-6H,(H,20,21). The molecule has 0 bridgehead atoms. The van der Waals surface area contributed by atoms with Gasteiger partial charge in [0.05, 0.1) is 11.1 Å². The average molecular weight is 359 g/mol. The van der Waals surface area contributed by atoms with Crippen LogP contribution in [0.4, 0.5) is 17.6 Å². The summed E-state index contributed by atoms with van der Waals surface area (Å²) in [6, 6.07) is 7.59. The van der Waals surface area contributed by atoms with Crippen LogP contribution in [0.25, 0.3) is 22.4 Å². The molecule has 3 rings (SSSR count). The number of halogens is 5. The maximum absolute atomic E-state index is 13.6. The fourth-order valence-electron chi connectivity index (χ4n) is 2.01. The lowest BCUT2D eigenvalue weighted by Crippen LogP contribution is -2.05. The molecule has 0 radical (unpaired) electrons. The monoisotopic (exact) mass is 358 g/mol. The zero-order valence-electron chi connectivity index (χ0n) is 10.3. The molecule has 21 heavy (non-hydrogen) atoms. The van der Waals surface area contributed by atoms with Crippen molar-refractivity contribution in [2.24, 2.45) is 0 Å². The van der Waals surface area contributed by atoms with Gasteiger partial charge in [0.25, 0.3) is 0 Å². The third kappa shape index (κ3) is 2.53. The lowest BCUT2D eigenvalue weighted by atomic mass is 10.1. The van der Waals surface area contributed by atoms with Crippen molar-refractivity contribution < 1.29 is 17.6 Å². The summed E-state index contributed by atoms with van der Waals surface area (Å²) in [5.41, 5.74) is -0.0480. The second kappa shape index (κ2) is 4.84. The smallest absolute Gasteiger partial charge is 0.338 e. The van der Waals surface area contributed by atoms with Gasteiger partial charge in [-0.25, -0.2) is 9.37 Å². The van der Waals surface area contributed by atoms with Crippen LogP contribution in [-0.4, -0.2) is 9.97 Å². The molecule has 1 N–H and O–H groups in total. The molecule has 0 spiro atoms. The summed E-state index contributed by atoms with van der Waals surface area (Å²) in [4.78, 5) is 6.86. The van der Waals surface area contributed by atoms with E-state index in [0.717, 1.165) is 12.1 Å². The third-order valence-electron chi connectivity index (χ3n) is 3.01. The second-order valence-corrected chi connectivity index (χ2v) is 5.27. The van der Waals surface area contributed by atoms with Gasteiger partial charge in [-0.3, -0.25) is 0 Å². The predicted octanol–water partition coefficient (Wildman–Crippen LogP) is 5.15. The number of alkyl halides is 3. The van der Waals surface area contributed by atoms with Gasteiger partial charge in [0.15, 0.2) is 5.82 Å². The predicted molar refractivity (Wildman–Crippen MR) is 74.2 cm³/mol. The summed E-state index contributed by atoms with van der Waals surface area (Å²) in [6.45, 7) is 0. The van der Waals surface area contributed by atoms with Crippen molar-refractivity contribution in [1.29, 1.82) is 0 Å². The molecule has 0 saturated heterocycles. The van der Waals surface area contributed by atoms with E-state index in [1.165, 1.54) is 18.2 Å². The van der Waals surface area contributed by atoms with Crippen molar-refractivity contribution in [3.8, 4) is 11.4 Å². The molecule has 7 heteroatoms. The van der Waals surface area contributed by atoms with E-state index in [0.29, 0.717) is 9.99 Å². The molecule has 108 valence electrons. The Kier molecular flexibility index (Phi) is 3.24. The zero-order valence-corrected chi connectivity index (χ0v) is 11.9. The minimum absolute atomic E-state index is 0.0943. The fourth-order valence-corrected chi connectivity index (χ4v) is 2.44. The first-order chi connectivity index (χ1) is 9.86. The van der Waals surface area contributed by atoms with Crippen molar-refractivity contribution in [2.75, 3.05) is 0 Å². The quantitative estimate of drug-likeness (QED) is 0.598. The zero-order chi connectivity index (χ0) is 15.2. The first kappa shape index (κ1) is 14.1. The Morgan fingerprint density at radius 3 is 2.52 bits per heavy atom. The van der Waals surface area contributed by atoms with Gasteiger partial charge in [0.2, 0.25) is 0 Å². The Hall–Kier alpha value is -1.89. The number of aromatic amines is 1. The van der Waals surface area contributed by atoms with Crippen LogP contribution in [0.3, 0.4) is 0 Å². The van der Waals surface area contributed by atoms with Crippen LogP contribution in [0.2, 0.25) is 0 Å². The Morgan fingerprint density at radius 2 is 1.86 bits per heavy atom. The molecule has 0 atom stereocenters. The van der Waals surface area contributed by atoms with E-state index >= 15 is 0 Å². The number of para-hydroxylation sites is 1. The number of aromatic nitrogens is 2. The van der Waals surface area contributed by atoms with E-state index in [-0.39, 0.29) is 16.9 Å². The highest BCUT2D eigenvalue weighted by atomic mass is 79.9. The van der Waals surface area contributed by atoms with Crippen LogP contribution >= 0.6 is 15.9 Å². The van der Waals surface area contributed by atoms with Gasteiger partial charge in [-0.15, -0.1) is 0 Å². The van der Waals surface area contributed by atoms with E-state index in [1.54, 1.807) is 6.07 Å². The summed E-state index contributed by atoms with van der Waals surface area (Å²) >= 11 is 3.19. The number of rotatable bonds is 1. The van der Waals surface area contributed by atoms with Crippen LogP contribution in [0.15, 0.2) is 40.9 Å². The highest BCUT2D eigenvalue weighted by Crippen LogP contribution is 2.35. The Morgan fingerprint density at radius 1 is 1.10 bits per heavy atom. The van der Waals surface area contributed by atoms with Crippen molar-refractivity contribution in [3.05, 3.63) is 52.3 Å². The molecular weight excluding hydrogens is 352 g/mol. The minimum atomic E-state index is -4.45. The Labute approximate surface area is 124 Å². The second-order valence-electron chi connectivity index (χ2n) is 4.41. The van der Waals surface area contributed by atoms with Crippen LogP contribution < -0.4 is 0 Å². The number of hydrogen-bond acceptors (Lipinski definition) is 1. The first-order valence-corrected chi connectivity index (χ1v) is 6.67. The molecule has 3 aromatic rings. The fraction of sp³-hybridized carbons (Fsp3) is 0.0714. The molecule has 0 aliphatic heterocycles. The van der Waals surface area contributed by atoms with Gasteiger partial charge >= 0.3 is 6.18 Å². The SMILES string of the molecule is Fc1cccc2[nH]c(-c3cc(C(F)(F)F)ccc3Br)nc12. The van der Waals surface area contributed by atoms with Gasteiger partial charge in [0, 0.05) is 10.0 Å². The van der Waals surface area contributed by atoms with Crippen LogP contribution in [0, 0.1) is 5.82 Å². The van der Waals surface area contributed by atoms with E-state index in [4.69, 9.17) is 0 Å². The van der Waals surface area contributed by atoms with Crippen molar-refractivity contribution >= 4 is 27.0 Å². The van der Waals surface area contributed by atoms with Gasteiger partial charge in [-0.1, -0.05) is 22.0 Å². The summed E-state index contributed by atoms with van der Waals surface area (Å²) in [5, 5.41) is 0. The van der Waals surface area contributed by atoms with E-state index < -0.39 is 17.6 Å². The summed E-state index contributed by atoms with van der Waals surface area (Å²) in [7, 11) is 0. The molecule has 0 fully saturated rings. The summed E-state index contributed by atoms with van der Waals surface area (Å²) in [5.74, 6) is -0.355. The van der Waals surface area contributed by atoms with Gasteiger partial charge in [-0.05, 0) is 30.3 Å². The van der Waals surface area contributed by atoms with Crippen molar-refractivity contribution in [1.82, 2.24) is 9.97 Å². The molecule has 1 heterocycles. The molecule has 2 nitrogen and oxygen atoms in total. The van der Waals surface area contributed by atoms with Crippen molar-refractivity contribution in [2.45, 2.75) is 6.18 Å². The van der Waals surface area contributed by atoms with Gasteiger partial charge < -0.3 is 4.98 Å². The first-order valence-electron chi connectivity index (χ1n) is 5.87. The number of benzene rings is 2. The molecule has 1 aromatic heterocycles. The van der Waals surface area contributed by atoms with Crippen LogP contribution in [0.1, 0.15) is 5.56 Å². The third-order valence-corrected chi connectivity index (χ3v) is 3.70.